The van der Waals surface area contributed by atoms with Gasteiger partial charge in [0, 0.05) is 28.8 Å². The quantitative estimate of drug-likeness (QED) is 0.464. The van der Waals surface area contributed by atoms with Crippen molar-refractivity contribution in [1.82, 2.24) is 9.78 Å². The molecule has 0 spiro atoms. The van der Waals surface area contributed by atoms with Crippen molar-refractivity contribution in [1.29, 1.82) is 0 Å². The van der Waals surface area contributed by atoms with Crippen molar-refractivity contribution in [3.63, 3.8) is 0 Å². The third kappa shape index (κ3) is 3.89. The number of anilines is 1. The highest BCUT2D eigenvalue weighted by Gasteiger charge is 2.32. The average Bonchev–Trinajstić information content (AvgIpc) is 3.28. The minimum absolute atomic E-state index is 0.151. The first-order chi connectivity index (χ1) is 16.2. The van der Waals surface area contributed by atoms with Crippen molar-refractivity contribution < 1.29 is 19.0 Å². The molecule has 1 aromatic heterocycles. The second kappa shape index (κ2) is 8.70. The second-order valence-electron chi connectivity index (χ2n) is 7.65. The van der Waals surface area contributed by atoms with Gasteiger partial charge >= 0.3 is 0 Å². The van der Waals surface area contributed by atoms with E-state index < -0.39 is 5.92 Å². The van der Waals surface area contributed by atoms with E-state index in [0.29, 0.717) is 35.4 Å². The molecule has 1 aliphatic heterocycles. The molecule has 5 rings (SSSR count). The number of carbonyl (C=O) groups excluding carboxylic acids is 1. The summed E-state index contributed by atoms with van der Waals surface area (Å²) in [5.41, 5.74) is 2.58. The standard InChI is InChI=1S/C26H23N3O4/c1-31-18-12-11-17(23(15-18)32-2)16-29-24(13-14-27-29)28-26(30)25-19-7-3-5-9-21(19)33-22-10-6-4-8-20(22)25/h3-15,25H,16H2,1-2H3,(H,28,30). The molecule has 1 N–H and O–H groups in total. The molecule has 166 valence electrons. The molecule has 0 bridgehead atoms. The van der Waals surface area contributed by atoms with E-state index in [2.05, 4.69) is 10.4 Å². The summed E-state index contributed by atoms with van der Waals surface area (Å²) in [6.07, 6.45) is 1.66. The summed E-state index contributed by atoms with van der Waals surface area (Å²) in [6, 6.07) is 22.6. The van der Waals surface area contributed by atoms with Crippen LogP contribution >= 0.6 is 0 Å². The lowest BCUT2D eigenvalue weighted by atomic mass is 9.87. The zero-order valence-corrected chi connectivity index (χ0v) is 18.3. The monoisotopic (exact) mass is 441 g/mol. The number of carbonyl (C=O) groups is 1. The zero-order valence-electron chi connectivity index (χ0n) is 18.3. The first-order valence-electron chi connectivity index (χ1n) is 10.6. The van der Waals surface area contributed by atoms with Crippen LogP contribution < -0.4 is 19.5 Å². The number of aromatic nitrogens is 2. The Bertz CT molecular complexity index is 1270. The van der Waals surface area contributed by atoms with Gasteiger partial charge < -0.3 is 19.5 Å². The number of methoxy groups -OCH3 is 2. The number of rotatable bonds is 6. The van der Waals surface area contributed by atoms with Crippen LogP contribution in [0.5, 0.6) is 23.0 Å². The molecule has 1 amide bonds. The first kappa shape index (κ1) is 20.6. The number of ether oxygens (including phenoxy) is 3. The lowest BCUT2D eigenvalue weighted by Gasteiger charge is -2.27. The lowest BCUT2D eigenvalue weighted by molar-refractivity contribution is -0.116. The van der Waals surface area contributed by atoms with Crippen molar-refractivity contribution >= 4 is 11.7 Å². The van der Waals surface area contributed by atoms with Gasteiger partial charge in [0.1, 0.15) is 28.8 Å². The van der Waals surface area contributed by atoms with Crippen molar-refractivity contribution in [2.24, 2.45) is 0 Å². The molecule has 0 atom stereocenters. The number of hydrogen-bond donors (Lipinski definition) is 1. The molecule has 3 aromatic carbocycles. The molecule has 2 heterocycles. The summed E-state index contributed by atoms with van der Waals surface area (Å²) in [5, 5.41) is 7.47. The van der Waals surface area contributed by atoms with E-state index in [0.717, 1.165) is 16.7 Å². The smallest absolute Gasteiger partial charge is 0.237 e. The minimum Gasteiger partial charge on any atom is -0.497 e. The van der Waals surface area contributed by atoms with Crippen LogP contribution in [-0.2, 0) is 11.3 Å². The van der Waals surface area contributed by atoms with Crippen molar-refractivity contribution in [2.75, 3.05) is 19.5 Å². The Morgan fingerprint density at radius 2 is 1.67 bits per heavy atom. The summed E-state index contributed by atoms with van der Waals surface area (Å²) < 4.78 is 18.5. The van der Waals surface area contributed by atoms with E-state index in [1.807, 2.05) is 66.7 Å². The molecule has 1 aliphatic rings. The topological polar surface area (TPSA) is 74.6 Å². The third-order valence-electron chi connectivity index (χ3n) is 5.72. The van der Waals surface area contributed by atoms with Gasteiger partial charge in [-0.2, -0.15) is 5.10 Å². The van der Waals surface area contributed by atoms with Crippen LogP contribution in [0.2, 0.25) is 0 Å². The summed E-state index contributed by atoms with van der Waals surface area (Å²) >= 11 is 0. The van der Waals surface area contributed by atoms with Crippen LogP contribution in [0.15, 0.2) is 79.0 Å². The van der Waals surface area contributed by atoms with E-state index in [1.54, 1.807) is 31.2 Å². The molecular weight excluding hydrogens is 418 g/mol. The zero-order chi connectivity index (χ0) is 22.8. The Balaban J connectivity index is 1.44. The summed E-state index contributed by atoms with van der Waals surface area (Å²) in [4.78, 5) is 13.6. The number of nitrogens with one attached hydrogen (secondary N) is 1. The van der Waals surface area contributed by atoms with Crippen molar-refractivity contribution in [2.45, 2.75) is 12.5 Å². The molecule has 33 heavy (non-hydrogen) atoms. The maximum absolute atomic E-state index is 13.6. The summed E-state index contributed by atoms with van der Waals surface area (Å²) in [7, 11) is 3.23. The fourth-order valence-corrected chi connectivity index (χ4v) is 4.10. The third-order valence-corrected chi connectivity index (χ3v) is 5.72. The van der Waals surface area contributed by atoms with Gasteiger partial charge in [-0.05, 0) is 24.3 Å². The second-order valence-corrected chi connectivity index (χ2v) is 7.65. The Labute approximate surface area is 191 Å². The maximum Gasteiger partial charge on any atom is 0.237 e. The molecule has 0 saturated heterocycles. The molecule has 0 radical (unpaired) electrons. The molecule has 4 aromatic rings. The lowest BCUT2D eigenvalue weighted by Crippen LogP contribution is -2.26. The molecule has 0 saturated carbocycles. The number of fused-ring (bicyclic) bond motifs is 2. The fourth-order valence-electron chi connectivity index (χ4n) is 4.10. The molecule has 0 fully saturated rings. The molecule has 7 heteroatoms. The first-order valence-corrected chi connectivity index (χ1v) is 10.6. The van der Waals surface area contributed by atoms with E-state index in [9.17, 15) is 4.79 Å². The van der Waals surface area contributed by atoms with Gasteiger partial charge in [0.25, 0.3) is 0 Å². The maximum atomic E-state index is 13.6. The number of amides is 1. The van der Waals surface area contributed by atoms with Crippen LogP contribution in [0.3, 0.4) is 0 Å². The number of hydrogen-bond acceptors (Lipinski definition) is 5. The van der Waals surface area contributed by atoms with Gasteiger partial charge in [-0.1, -0.05) is 36.4 Å². The van der Waals surface area contributed by atoms with E-state index in [-0.39, 0.29) is 5.91 Å². The Morgan fingerprint density at radius 3 is 2.33 bits per heavy atom. The van der Waals surface area contributed by atoms with E-state index >= 15 is 0 Å². The highest BCUT2D eigenvalue weighted by molar-refractivity contribution is 5.99. The van der Waals surface area contributed by atoms with Crippen LogP contribution in [0, 0.1) is 0 Å². The van der Waals surface area contributed by atoms with Crippen molar-refractivity contribution in [3.8, 4) is 23.0 Å². The molecule has 7 nitrogen and oxygen atoms in total. The van der Waals surface area contributed by atoms with Gasteiger partial charge in [0.05, 0.1) is 32.9 Å². The largest absolute Gasteiger partial charge is 0.497 e. The fraction of sp³-hybridized carbons (Fsp3) is 0.154. The van der Waals surface area contributed by atoms with Crippen LogP contribution in [-0.4, -0.2) is 29.9 Å². The highest BCUT2D eigenvalue weighted by Crippen LogP contribution is 2.44. The molecule has 0 aliphatic carbocycles. The van der Waals surface area contributed by atoms with Gasteiger partial charge in [-0.15, -0.1) is 0 Å². The van der Waals surface area contributed by atoms with E-state index in [4.69, 9.17) is 14.2 Å². The Kier molecular flexibility index (Phi) is 5.44. The van der Waals surface area contributed by atoms with Crippen LogP contribution in [0.1, 0.15) is 22.6 Å². The summed E-state index contributed by atoms with van der Waals surface area (Å²) in [5.74, 6) is 2.72. The minimum atomic E-state index is -0.495. The highest BCUT2D eigenvalue weighted by atomic mass is 16.5. The van der Waals surface area contributed by atoms with Crippen LogP contribution in [0.4, 0.5) is 5.82 Å². The van der Waals surface area contributed by atoms with Gasteiger partial charge in [0.15, 0.2) is 0 Å². The van der Waals surface area contributed by atoms with Gasteiger partial charge in [-0.3, -0.25) is 4.79 Å². The Hall–Kier alpha value is -4.26. The van der Waals surface area contributed by atoms with E-state index in [1.165, 1.54) is 0 Å². The van der Waals surface area contributed by atoms with Crippen LogP contribution in [0.25, 0.3) is 0 Å². The van der Waals surface area contributed by atoms with Gasteiger partial charge in [-0.25, -0.2) is 4.68 Å². The normalized spacial score (nSPS) is 12.3. The van der Waals surface area contributed by atoms with Gasteiger partial charge in [0.2, 0.25) is 5.91 Å². The molecule has 0 unspecified atom stereocenters. The predicted molar refractivity (Wildman–Crippen MR) is 124 cm³/mol. The number of nitrogens with zero attached hydrogens (tertiary/aromatic N) is 2. The average molecular weight is 441 g/mol. The number of para-hydroxylation sites is 2. The molecular formula is C26H23N3O4. The Morgan fingerprint density at radius 1 is 0.970 bits per heavy atom. The number of benzene rings is 3. The van der Waals surface area contributed by atoms with Crippen molar-refractivity contribution in [3.05, 3.63) is 95.7 Å². The SMILES string of the molecule is COc1ccc(Cn2nccc2NC(=O)C2c3ccccc3Oc3ccccc32)c(OC)c1. The summed E-state index contributed by atoms with van der Waals surface area (Å²) in [6.45, 7) is 0.427. The predicted octanol–water partition coefficient (Wildman–Crippen LogP) is 4.82.